The van der Waals surface area contributed by atoms with Crippen LogP contribution in [-0.2, 0) is 0 Å². The quantitative estimate of drug-likeness (QED) is 0.759. The second-order valence-corrected chi connectivity index (χ2v) is 5.41. The van der Waals surface area contributed by atoms with Gasteiger partial charge in [0, 0.05) is 6.61 Å². The maximum atomic E-state index is 13.7. The standard InChI is InChI=1S/C18H21FN2O2/c1-13-9-10-15(19)17(12-13)21-18(23)20-16(8-5-11-22)14-6-3-2-4-7-14/h2-4,6-7,9-10,12,16,22H,5,8,11H2,1H3,(H2,20,21,23). The van der Waals surface area contributed by atoms with Gasteiger partial charge in [0.25, 0.3) is 0 Å². The van der Waals surface area contributed by atoms with Gasteiger partial charge >= 0.3 is 6.03 Å². The molecule has 0 bridgehead atoms. The summed E-state index contributed by atoms with van der Waals surface area (Å²) in [5.74, 6) is -0.475. The first kappa shape index (κ1) is 17.0. The van der Waals surface area contributed by atoms with Crippen molar-refractivity contribution >= 4 is 11.7 Å². The van der Waals surface area contributed by atoms with Crippen molar-refractivity contribution in [3.63, 3.8) is 0 Å². The van der Waals surface area contributed by atoms with Crippen molar-refractivity contribution in [3.8, 4) is 0 Å². The number of hydrogen-bond acceptors (Lipinski definition) is 2. The molecule has 0 aromatic heterocycles. The summed E-state index contributed by atoms with van der Waals surface area (Å²) in [7, 11) is 0. The SMILES string of the molecule is Cc1ccc(F)c(NC(=O)NC(CCCO)c2ccccc2)c1. The van der Waals surface area contributed by atoms with Crippen LogP contribution in [0.1, 0.15) is 30.0 Å². The van der Waals surface area contributed by atoms with E-state index in [1.165, 1.54) is 6.07 Å². The topological polar surface area (TPSA) is 61.4 Å². The fraction of sp³-hybridized carbons (Fsp3) is 0.278. The van der Waals surface area contributed by atoms with E-state index in [0.717, 1.165) is 11.1 Å². The average molecular weight is 316 g/mol. The van der Waals surface area contributed by atoms with Crippen LogP contribution in [0.4, 0.5) is 14.9 Å². The molecule has 0 saturated heterocycles. The lowest BCUT2D eigenvalue weighted by atomic mass is 10.0. The van der Waals surface area contributed by atoms with E-state index in [4.69, 9.17) is 5.11 Å². The molecule has 0 spiro atoms. The highest BCUT2D eigenvalue weighted by molar-refractivity contribution is 5.89. The Kier molecular flexibility index (Phi) is 6.11. The molecule has 2 amide bonds. The van der Waals surface area contributed by atoms with Crippen molar-refractivity contribution in [3.05, 3.63) is 65.5 Å². The molecule has 0 aliphatic rings. The van der Waals surface area contributed by atoms with Crippen LogP contribution in [0.15, 0.2) is 48.5 Å². The highest BCUT2D eigenvalue weighted by atomic mass is 19.1. The van der Waals surface area contributed by atoms with Gasteiger partial charge < -0.3 is 15.7 Å². The van der Waals surface area contributed by atoms with Gasteiger partial charge in [-0.2, -0.15) is 0 Å². The first-order valence-corrected chi connectivity index (χ1v) is 7.59. The summed E-state index contributed by atoms with van der Waals surface area (Å²) in [5, 5.41) is 14.4. The van der Waals surface area contributed by atoms with Crippen LogP contribution in [0, 0.1) is 12.7 Å². The van der Waals surface area contributed by atoms with Crippen molar-refractivity contribution in [2.75, 3.05) is 11.9 Å². The molecule has 0 heterocycles. The van der Waals surface area contributed by atoms with Crippen LogP contribution in [0.5, 0.6) is 0 Å². The van der Waals surface area contributed by atoms with E-state index < -0.39 is 11.8 Å². The number of carbonyl (C=O) groups excluding carboxylic acids is 1. The van der Waals surface area contributed by atoms with Crippen LogP contribution in [0.25, 0.3) is 0 Å². The molecule has 0 aliphatic heterocycles. The smallest absolute Gasteiger partial charge is 0.319 e. The number of halogens is 1. The zero-order chi connectivity index (χ0) is 16.7. The van der Waals surface area contributed by atoms with E-state index in [1.807, 2.05) is 37.3 Å². The van der Waals surface area contributed by atoms with Gasteiger partial charge in [0.05, 0.1) is 11.7 Å². The van der Waals surface area contributed by atoms with Crippen molar-refractivity contribution in [2.45, 2.75) is 25.8 Å². The Morgan fingerprint density at radius 2 is 1.96 bits per heavy atom. The van der Waals surface area contributed by atoms with Gasteiger partial charge in [0.15, 0.2) is 0 Å². The zero-order valence-electron chi connectivity index (χ0n) is 13.1. The minimum absolute atomic E-state index is 0.0547. The first-order valence-electron chi connectivity index (χ1n) is 7.59. The third-order valence-electron chi connectivity index (χ3n) is 3.53. The van der Waals surface area contributed by atoms with Crippen LogP contribution in [-0.4, -0.2) is 17.7 Å². The monoisotopic (exact) mass is 316 g/mol. The number of rotatable bonds is 6. The van der Waals surface area contributed by atoms with Crippen molar-refractivity contribution < 1.29 is 14.3 Å². The fourth-order valence-electron chi connectivity index (χ4n) is 2.35. The largest absolute Gasteiger partial charge is 0.396 e. The highest BCUT2D eigenvalue weighted by Gasteiger charge is 2.15. The Morgan fingerprint density at radius 3 is 2.65 bits per heavy atom. The van der Waals surface area contributed by atoms with Crippen molar-refractivity contribution in [1.82, 2.24) is 5.32 Å². The molecule has 4 nitrogen and oxygen atoms in total. The molecule has 23 heavy (non-hydrogen) atoms. The molecule has 0 saturated carbocycles. The van der Waals surface area contributed by atoms with Gasteiger partial charge in [0.1, 0.15) is 5.82 Å². The number of anilines is 1. The van der Waals surface area contributed by atoms with Gasteiger partial charge in [-0.15, -0.1) is 0 Å². The molecule has 2 aromatic rings. The summed E-state index contributed by atoms with van der Waals surface area (Å²) in [6.07, 6.45) is 1.17. The van der Waals surface area contributed by atoms with E-state index in [1.54, 1.807) is 12.1 Å². The molecule has 0 fully saturated rings. The Labute approximate surface area is 135 Å². The van der Waals surface area contributed by atoms with Crippen LogP contribution >= 0.6 is 0 Å². The summed E-state index contributed by atoms with van der Waals surface area (Å²) in [5.41, 5.74) is 1.96. The molecule has 1 unspecified atom stereocenters. The van der Waals surface area contributed by atoms with Gasteiger partial charge in [-0.05, 0) is 43.0 Å². The lowest BCUT2D eigenvalue weighted by Crippen LogP contribution is -2.33. The molecule has 5 heteroatoms. The Balaban J connectivity index is 2.06. The van der Waals surface area contributed by atoms with Crippen LogP contribution in [0.2, 0.25) is 0 Å². The maximum Gasteiger partial charge on any atom is 0.319 e. The number of carbonyl (C=O) groups is 1. The highest BCUT2D eigenvalue weighted by Crippen LogP contribution is 2.19. The minimum atomic E-state index is -0.475. The average Bonchev–Trinajstić information content (AvgIpc) is 2.55. The molecule has 0 radical (unpaired) electrons. The summed E-state index contributed by atoms with van der Waals surface area (Å²) in [6.45, 7) is 1.88. The minimum Gasteiger partial charge on any atom is -0.396 e. The second kappa shape index (κ2) is 8.29. The third-order valence-corrected chi connectivity index (χ3v) is 3.53. The molecule has 2 aromatic carbocycles. The fourth-order valence-corrected chi connectivity index (χ4v) is 2.35. The summed E-state index contributed by atoms with van der Waals surface area (Å²) >= 11 is 0. The van der Waals surface area contributed by atoms with E-state index in [2.05, 4.69) is 10.6 Å². The maximum absolute atomic E-state index is 13.7. The van der Waals surface area contributed by atoms with Crippen molar-refractivity contribution in [1.29, 1.82) is 0 Å². The van der Waals surface area contributed by atoms with E-state index in [-0.39, 0.29) is 18.3 Å². The third kappa shape index (κ3) is 5.07. The zero-order valence-corrected chi connectivity index (χ0v) is 13.1. The van der Waals surface area contributed by atoms with Gasteiger partial charge in [-0.25, -0.2) is 9.18 Å². The van der Waals surface area contributed by atoms with Gasteiger partial charge in [-0.1, -0.05) is 36.4 Å². The molecular weight excluding hydrogens is 295 g/mol. The summed E-state index contributed by atoms with van der Waals surface area (Å²) in [4.78, 5) is 12.2. The van der Waals surface area contributed by atoms with Gasteiger partial charge in [0.2, 0.25) is 0 Å². The Hall–Kier alpha value is -2.40. The molecular formula is C18H21FN2O2. The van der Waals surface area contributed by atoms with Crippen molar-refractivity contribution in [2.24, 2.45) is 0 Å². The lowest BCUT2D eigenvalue weighted by molar-refractivity contribution is 0.243. The molecule has 1 atom stereocenters. The number of benzene rings is 2. The molecule has 0 aliphatic carbocycles. The number of hydrogen-bond donors (Lipinski definition) is 3. The summed E-state index contributed by atoms with van der Waals surface area (Å²) < 4.78 is 13.7. The first-order chi connectivity index (χ1) is 11.1. The predicted molar refractivity (Wildman–Crippen MR) is 88.8 cm³/mol. The second-order valence-electron chi connectivity index (χ2n) is 5.41. The Bertz CT molecular complexity index is 647. The summed E-state index contributed by atoms with van der Waals surface area (Å²) in [6, 6.07) is 13.3. The number of urea groups is 1. The van der Waals surface area contributed by atoms with E-state index in [9.17, 15) is 9.18 Å². The number of amides is 2. The normalized spacial score (nSPS) is 11.8. The van der Waals surface area contributed by atoms with E-state index in [0.29, 0.717) is 12.8 Å². The number of aliphatic hydroxyl groups excluding tert-OH is 1. The number of aryl methyl sites for hydroxylation is 1. The predicted octanol–water partition coefficient (Wildman–Crippen LogP) is 3.77. The van der Waals surface area contributed by atoms with Gasteiger partial charge in [-0.3, -0.25) is 0 Å². The number of aliphatic hydroxyl groups is 1. The molecule has 122 valence electrons. The lowest BCUT2D eigenvalue weighted by Gasteiger charge is -2.19. The molecule has 3 N–H and O–H groups in total. The number of nitrogens with one attached hydrogen (secondary N) is 2. The van der Waals surface area contributed by atoms with Crippen LogP contribution in [0.3, 0.4) is 0 Å². The molecule has 2 rings (SSSR count). The van der Waals surface area contributed by atoms with E-state index >= 15 is 0 Å². The Morgan fingerprint density at radius 1 is 1.22 bits per heavy atom. The van der Waals surface area contributed by atoms with Crippen LogP contribution < -0.4 is 10.6 Å².